The molecular weight excluding hydrogens is 252 g/mol. The fraction of sp³-hybridized carbons (Fsp3) is 0.471. The molecule has 100 valence electrons. The maximum atomic E-state index is 12.6. The highest BCUT2D eigenvalue weighted by Gasteiger charge is 2.41. The van der Waals surface area contributed by atoms with Crippen molar-refractivity contribution < 1.29 is 4.79 Å². The number of carbonyl (C=O) groups excluding carboxylic acids is 1. The van der Waals surface area contributed by atoms with Gasteiger partial charge in [0.25, 0.3) is 0 Å². The topological polar surface area (TPSA) is 17.1 Å². The summed E-state index contributed by atoms with van der Waals surface area (Å²) in [6.07, 6.45) is 7.88. The molecule has 19 heavy (non-hydrogen) atoms. The Morgan fingerprint density at radius 2 is 2.00 bits per heavy atom. The van der Waals surface area contributed by atoms with Crippen LogP contribution in [0.15, 0.2) is 40.8 Å². The smallest absolute Gasteiger partial charge is 0.173 e. The highest BCUT2D eigenvalue weighted by molar-refractivity contribution is 8.03. The normalized spacial score (nSPS) is 26.7. The lowest BCUT2D eigenvalue weighted by Gasteiger charge is -2.25. The molecule has 0 heterocycles. The summed E-state index contributed by atoms with van der Waals surface area (Å²) in [5, 5.41) is 0. The second-order valence-electron chi connectivity index (χ2n) is 5.57. The number of ketones is 1. The maximum Gasteiger partial charge on any atom is 0.173 e. The van der Waals surface area contributed by atoms with Crippen LogP contribution in [0.5, 0.6) is 0 Å². The van der Waals surface area contributed by atoms with Gasteiger partial charge in [0.15, 0.2) is 5.78 Å². The molecule has 1 aromatic carbocycles. The Bertz CT molecular complexity index is 503. The van der Waals surface area contributed by atoms with Gasteiger partial charge in [0.2, 0.25) is 0 Å². The first-order valence-corrected chi connectivity index (χ1v) is 8.39. The van der Waals surface area contributed by atoms with E-state index in [2.05, 4.69) is 30.5 Å². The molecule has 0 bridgehead atoms. The van der Waals surface area contributed by atoms with Crippen molar-refractivity contribution in [2.24, 2.45) is 11.8 Å². The maximum absolute atomic E-state index is 12.6. The van der Waals surface area contributed by atoms with Gasteiger partial charge in [-0.15, -0.1) is 11.8 Å². The van der Waals surface area contributed by atoms with Gasteiger partial charge < -0.3 is 0 Å². The van der Waals surface area contributed by atoms with Gasteiger partial charge in [0, 0.05) is 10.8 Å². The van der Waals surface area contributed by atoms with Crippen LogP contribution in [0.3, 0.4) is 0 Å². The van der Waals surface area contributed by atoms with Gasteiger partial charge in [0.1, 0.15) is 0 Å². The minimum atomic E-state index is 0.208. The van der Waals surface area contributed by atoms with Crippen LogP contribution in [0, 0.1) is 11.8 Å². The van der Waals surface area contributed by atoms with Gasteiger partial charge in [-0.25, -0.2) is 0 Å². The standard InChI is InChI=1S/C17H20OS/c1-19-17-14-10-6-5-9-13(14)15(16(17)18)11-12-7-3-2-4-8-12/h2-4,7-8,13,15H,5-6,9-11H2,1H3. The largest absolute Gasteiger partial charge is 0.293 e. The highest BCUT2D eigenvalue weighted by Crippen LogP contribution is 2.47. The fourth-order valence-electron chi connectivity index (χ4n) is 3.61. The Kier molecular flexibility index (Phi) is 3.79. The molecule has 2 heteroatoms. The number of benzene rings is 1. The third-order valence-electron chi connectivity index (χ3n) is 4.50. The van der Waals surface area contributed by atoms with E-state index in [1.54, 1.807) is 11.8 Å². The summed E-state index contributed by atoms with van der Waals surface area (Å²) in [4.78, 5) is 13.7. The molecule has 0 radical (unpaired) electrons. The van der Waals surface area contributed by atoms with Crippen molar-refractivity contribution in [3.63, 3.8) is 0 Å². The second-order valence-corrected chi connectivity index (χ2v) is 6.39. The molecule has 2 aliphatic rings. The molecule has 3 rings (SSSR count). The number of thioether (sulfide) groups is 1. The molecule has 1 nitrogen and oxygen atoms in total. The van der Waals surface area contributed by atoms with E-state index in [-0.39, 0.29) is 5.92 Å². The zero-order chi connectivity index (χ0) is 13.2. The van der Waals surface area contributed by atoms with Crippen molar-refractivity contribution >= 4 is 17.5 Å². The van der Waals surface area contributed by atoms with Gasteiger partial charge in [0.05, 0.1) is 0 Å². The summed E-state index contributed by atoms with van der Waals surface area (Å²) in [6, 6.07) is 10.5. The zero-order valence-corrected chi connectivity index (χ0v) is 12.2. The summed E-state index contributed by atoms with van der Waals surface area (Å²) in [7, 11) is 0. The van der Waals surface area contributed by atoms with Crippen molar-refractivity contribution in [1.82, 2.24) is 0 Å². The second kappa shape index (κ2) is 5.54. The predicted molar refractivity (Wildman–Crippen MR) is 81.1 cm³/mol. The van der Waals surface area contributed by atoms with Crippen LogP contribution in [-0.4, -0.2) is 12.0 Å². The molecule has 2 unspecified atom stereocenters. The quantitative estimate of drug-likeness (QED) is 0.819. The fourth-order valence-corrected chi connectivity index (χ4v) is 4.48. The number of carbonyl (C=O) groups is 1. The average molecular weight is 272 g/mol. The Balaban J connectivity index is 1.85. The first-order valence-electron chi connectivity index (χ1n) is 7.16. The van der Waals surface area contributed by atoms with E-state index in [4.69, 9.17) is 0 Å². The molecule has 1 aromatic rings. The SMILES string of the molecule is CSC1=C2CCCCC2C(Cc2ccccc2)C1=O. The molecule has 1 saturated carbocycles. The van der Waals surface area contributed by atoms with E-state index in [1.165, 1.54) is 30.4 Å². The van der Waals surface area contributed by atoms with E-state index in [0.29, 0.717) is 11.7 Å². The molecule has 0 spiro atoms. The molecule has 2 aliphatic carbocycles. The molecule has 0 aromatic heterocycles. The van der Waals surface area contributed by atoms with E-state index >= 15 is 0 Å². The molecule has 1 fully saturated rings. The van der Waals surface area contributed by atoms with Crippen LogP contribution >= 0.6 is 11.8 Å². The van der Waals surface area contributed by atoms with E-state index < -0.39 is 0 Å². The minimum absolute atomic E-state index is 0.208. The summed E-state index contributed by atoms with van der Waals surface area (Å²) < 4.78 is 0. The lowest BCUT2D eigenvalue weighted by Crippen LogP contribution is -2.22. The monoisotopic (exact) mass is 272 g/mol. The van der Waals surface area contributed by atoms with Crippen molar-refractivity contribution in [1.29, 1.82) is 0 Å². The van der Waals surface area contributed by atoms with Crippen LogP contribution in [0.1, 0.15) is 31.2 Å². The Labute approximate surface area is 119 Å². The van der Waals surface area contributed by atoms with Gasteiger partial charge in [-0.3, -0.25) is 4.79 Å². The number of hydrogen-bond acceptors (Lipinski definition) is 2. The summed E-state index contributed by atoms with van der Waals surface area (Å²) in [5.74, 6) is 1.15. The van der Waals surface area contributed by atoms with Crippen molar-refractivity contribution in [3.8, 4) is 0 Å². The molecular formula is C17H20OS. The van der Waals surface area contributed by atoms with Crippen LogP contribution in [-0.2, 0) is 11.2 Å². The van der Waals surface area contributed by atoms with Crippen molar-refractivity contribution in [2.45, 2.75) is 32.1 Å². The third kappa shape index (κ3) is 2.38. The van der Waals surface area contributed by atoms with Crippen LogP contribution < -0.4 is 0 Å². The third-order valence-corrected chi connectivity index (χ3v) is 5.37. The number of Topliss-reactive ketones (excluding diaryl/α,β-unsaturated/α-hetero) is 1. The van der Waals surface area contributed by atoms with Gasteiger partial charge in [-0.05, 0) is 49.0 Å². The predicted octanol–water partition coefficient (Wildman–Crippen LogP) is 4.24. The first-order chi connectivity index (χ1) is 9.31. The van der Waals surface area contributed by atoms with Gasteiger partial charge in [-0.2, -0.15) is 0 Å². The van der Waals surface area contributed by atoms with E-state index in [0.717, 1.165) is 17.7 Å². The van der Waals surface area contributed by atoms with Gasteiger partial charge in [-0.1, -0.05) is 36.8 Å². The van der Waals surface area contributed by atoms with Crippen LogP contribution in [0.2, 0.25) is 0 Å². The minimum Gasteiger partial charge on any atom is -0.293 e. The lowest BCUT2D eigenvalue weighted by atomic mass is 9.78. The lowest BCUT2D eigenvalue weighted by molar-refractivity contribution is -0.118. The molecule has 0 saturated heterocycles. The van der Waals surface area contributed by atoms with Crippen LogP contribution in [0.4, 0.5) is 0 Å². The summed E-state index contributed by atoms with van der Waals surface area (Å²) in [6.45, 7) is 0. The van der Waals surface area contributed by atoms with Crippen LogP contribution in [0.25, 0.3) is 0 Å². The molecule has 0 aliphatic heterocycles. The Hall–Kier alpha value is -1.02. The van der Waals surface area contributed by atoms with E-state index in [9.17, 15) is 4.79 Å². The van der Waals surface area contributed by atoms with Gasteiger partial charge >= 0.3 is 0 Å². The average Bonchev–Trinajstić information content (AvgIpc) is 2.73. The summed E-state index contributed by atoms with van der Waals surface area (Å²) >= 11 is 1.67. The van der Waals surface area contributed by atoms with Crippen molar-refractivity contribution in [3.05, 3.63) is 46.4 Å². The molecule has 0 amide bonds. The highest BCUT2D eigenvalue weighted by atomic mass is 32.2. The Morgan fingerprint density at radius 3 is 2.74 bits per heavy atom. The molecule has 0 N–H and O–H groups in total. The number of hydrogen-bond donors (Lipinski definition) is 0. The number of rotatable bonds is 3. The number of allylic oxidation sites excluding steroid dienone is 2. The number of fused-ring (bicyclic) bond motifs is 1. The summed E-state index contributed by atoms with van der Waals surface area (Å²) in [5.41, 5.74) is 2.78. The van der Waals surface area contributed by atoms with E-state index in [1.807, 2.05) is 6.07 Å². The zero-order valence-electron chi connectivity index (χ0n) is 11.4. The first kappa shape index (κ1) is 13.0. The Morgan fingerprint density at radius 1 is 1.21 bits per heavy atom. The molecule has 2 atom stereocenters. The van der Waals surface area contributed by atoms with Crippen molar-refractivity contribution in [2.75, 3.05) is 6.26 Å².